The van der Waals surface area contributed by atoms with Crippen molar-refractivity contribution in [1.29, 1.82) is 0 Å². The van der Waals surface area contributed by atoms with Crippen LogP contribution in [0.25, 0.3) is 0 Å². The van der Waals surface area contributed by atoms with E-state index in [1.165, 1.54) is 0 Å². The van der Waals surface area contributed by atoms with Gasteiger partial charge in [-0.1, -0.05) is 43.0 Å². The highest BCUT2D eigenvalue weighted by molar-refractivity contribution is 5.80. The van der Waals surface area contributed by atoms with Gasteiger partial charge in [-0.25, -0.2) is 4.79 Å². The molecule has 0 saturated heterocycles. The SMILES string of the molecule is C=CC(=O)ON.c1ccc(Oc2ccccc2)cc1. The summed E-state index contributed by atoms with van der Waals surface area (Å²) in [6.45, 7) is 3.08. The lowest BCUT2D eigenvalue weighted by Crippen LogP contribution is -2.04. The zero-order valence-electron chi connectivity index (χ0n) is 10.4. The second kappa shape index (κ2) is 8.49. The third kappa shape index (κ3) is 6.05. The van der Waals surface area contributed by atoms with E-state index in [4.69, 9.17) is 4.74 Å². The predicted molar refractivity (Wildman–Crippen MR) is 73.4 cm³/mol. The van der Waals surface area contributed by atoms with Gasteiger partial charge in [0, 0.05) is 6.08 Å². The van der Waals surface area contributed by atoms with Crippen molar-refractivity contribution >= 4 is 5.97 Å². The number of benzene rings is 2. The molecule has 0 radical (unpaired) electrons. The number of para-hydroxylation sites is 2. The fourth-order valence-electron chi connectivity index (χ4n) is 1.16. The minimum absolute atomic E-state index is 0.616. The normalized spacial score (nSPS) is 8.68. The topological polar surface area (TPSA) is 61.5 Å². The summed E-state index contributed by atoms with van der Waals surface area (Å²) in [5.74, 6) is 5.48. The van der Waals surface area contributed by atoms with Crippen LogP contribution in [0.4, 0.5) is 0 Å². The van der Waals surface area contributed by atoms with Gasteiger partial charge < -0.3 is 9.57 Å². The Morgan fingerprint density at radius 3 is 1.63 bits per heavy atom. The summed E-state index contributed by atoms with van der Waals surface area (Å²) in [4.78, 5) is 13.4. The van der Waals surface area contributed by atoms with Crippen LogP contribution in [0.1, 0.15) is 0 Å². The van der Waals surface area contributed by atoms with Crippen molar-refractivity contribution in [3.05, 3.63) is 73.3 Å². The van der Waals surface area contributed by atoms with E-state index in [1.807, 2.05) is 60.7 Å². The van der Waals surface area contributed by atoms with E-state index in [9.17, 15) is 4.79 Å². The number of rotatable bonds is 3. The van der Waals surface area contributed by atoms with Gasteiger partial charge in [0.1, 0.15) is 11.5 Å². The largest absolute Gasteiger partial charge is 0.457 e. The molecule has 2 N–H and O–H groups in total. The molecule has 0 aliphatic carbocycles. The van der Waals surface area contributed by atoms with Crippen LogP contribution >= 0.6 is 0 Å². The molecule has 0 aliphatic rings. The smallest absolute Gasteiger partial charge is 0.348 e. The summed E-state index contributed by atoms with van der Waals surface area (Å²) in [6.07, 6.45) is 0.986. The highest BCUT2D eigenvalue weighted by atomic mass is 16.7. The van der Waals surface area contributed by atoms with Crippen molar-refractivity contribution in [2.45, 2.75) is 0 Å². The molecule has 98 valence electrons. The molecule has 0 heterocycles. The summed E-state index contributed by atoms with van der Waals surface area (Å²) in [5, 5.41) is 0. The molecule has 2 aromatic rings. The molecule has 0 spiro atoms. The van der Waals surface area contributed by atoms with Crippen LogP contribution in [0, 0.1) is 0 Å². The van der Waals surface area contributed by atoms with Crippen molar-refractivity contribution < 1.29 is 14.4 Å². The van der Waals surface area contributed by atoms with Crippen LogP contribution in [0.2, 0.25) is 0 Å². The van der Waals surface area contributed by atoms with Crippen molar-refractivity contribution in [3.63, 3.8) is 0 Å². The zero-order valence-corrected chi connectivity index (χ0v) is 10.4. The Kier molecular flexibility index (Phi) is 6.47. The molecule has 4 nitrogen and oxygen atoms in total. The highest BCUT2D eigenvalue weighted by Gasteiger charge is 1.92. The first-order chi connectivity index (χ1) is 9.26. The van der Waals surface area contributed by atoms with E-state index < -0.39 is 5.97 Å². The minimum atomic E-state index is -0.616. The van der Waals surface area contributed by atoms with E-state index in [0.717, 1.165) is 17.6 Å². The Balaban J connectivity index is 0.000000258. The number of nitrogens with two attached hydrogens (primary N) is 1. The van der Waals surface area contributed by atoms with E-state index in [0.29, 0.717) is 0 Å². The molecule has 0 unspecified atom stereocenters. The van der Waals surface area contributed by atoms with Crippen LogP contribution in [-0.4, -0.2) is 5.97 Å². The molecule has 0 aromatic heterocycles. The van der Waals surface area contributed by atoms with Crippen molar-refractivity contribution in [2.24, 2.45) is 5.90 Å². The minimum Gasteiger partial charge on any atom is -0.457 e. The van der Waals surface area contributed by atoms with Crippen LogP contribution < -0.4 is 10.6 Å². The number of hydrogen-bond acceptors (Lipinski definition) is 4. The van der Waals surface area contributed by atoms with Crippen molar-refractivity contribution in [2.75, 3.05) is 0 Å². The van der Waals surface area contributed by atoms with Gasteiger partial charge in [-0.05, 0) is 24.3 Å². The second-order valence-corrected chi connectivity index (χ2v) is 3.37. The van der Waals surface area contributed by atoms with E-state index in [-0.39, 0.29) is 0 Å². The maximum atomic E-state index is 9.72. The second-order valence-electron chi connectivity index (χ2n) is 3.37. The number of ether oxygens (including phenoxy) is 1. The van der Waals surface area contributed by atoms with E-state index >= 15 is 0 Å². The fraction of sp³-hybridized carbons (Fsp3) is 0. The van der Waals surface area contributed by atoms with Crippen LogP contribution in [-0.2, 0) is 9.63 Å². The Labute approximate surface area is 112 Å². The number of hydrogen-bond donors (Lipinski definition) is 1. The van der Waals surface area contributed by atoms with E-state index in [2.05, 4.69) is 17.3 Å². The first kappa shape index (κ1) is 14.5. The highest BCUT2D eigenvalue weighted by Crippen LogP contribution is 2.19. The van der Waals surface area contributed by atoms with Gasteiger partial charge in [-0.2, -0.15) is 5.90 Å². The molecule has 19 heavy (non-hydrogen) atoms. The van der Waals surface area contributed by atoms with Crippen LogP contribution in [0.3, 0.4) is 0 Å². The average molecular weight is 257 g/mol. The van der Waals surface area contributed by atoms with Gasteiger partial charge in [0.25, 0.3) is 0 Å². The quantitative estimate of drug-likeness (QED) is 0.678. The molecule has 0 fully saturated rings. The van der Waals surface area contributed by atoms with Gasteiger partial charge in [0.05, 0.1) is 0 Å². The lowest BCUT2D eigenvalue weighted by molar-refractivity contribution is -0.138. The molecule has 0 saturated carbocycles. The predicted octanol–water partition coefficient (Wildman–Crippen LogP) is 3.07. The first-order valence-electron chi connectivity index (χ1n) is 5.57. The van der Waals surface area contributed by atoms with Gasteiger partial charge in [0.2, 0.25) is 0 Å². The summed E-state index contributed by atoms with van der Waals surface area (Å²) in [6, 6.07) is 19.5. The number of carbonyl (C=O) groups excluding carboxylic acids is 1. The Morgan fingerprint density at radius 1 is 0.947 bits per heavy atom. The standard InChI is InChI=1S/C12H10O.C3H5NO2/c1-3-7-11(8-4-1)13-12-9-5-2-6-10-12;1-2-3(5)6-4/h1-10H;2H,1,4H2. The molecular formula is C15H15NO3. The Morgan fingerprint density at radius 2 is 1.37 bits per heavy atom. The van der Waals surface area contributed by atoms with Gasteiger partial charge in [-0.3, -0.25) is 0 Å². The molecule has 2 rings (SSSR count). The van der Waals surface area contributed by atoms with Gasteiger partial charge in [-0.15, -0.1) is 0 Å². The fourth-order valence-corrected chi connectivity index (χ4v) is 1.16. The first-order valence-corrected chi connectivity index (χ1v) is 5.57. The summed E-state index contributed by atoms with van der Waals surface area (Å²) >= 11 is 0. The average Bonchev–Trinajstić information content (AvgIpc) is 2.49. The summed E-state index contributed by atoms with van der Waals surface area (Å²) < 4.78 is 5.58. The van der Waals surface area contributed by atoms with Crippen molar-refractivity contribution in [3.8, 4) is 11.5 Å². The third-order valence-corrected chi connectivity index (χ3v) is 2.00. The maximum absolute atomic E-state index is 9.72. The Hall–Kier alpha value is -2.59. The molecular weight excluding hydrogens is 242 g/mol. The zero-order chi connectivity index (χ0) is 13.9. The summed E-state index contributed by atoms with van der Waals surface area (Å²) in [5.41, 5.74) is 0. The van der Waals surface area contributed by atoms with Crippen LogP contribution in [0.5, 0.6) is 11.5 Å². The Bertz CT molecular complexity index is 460. The molecule has 4 heteroatoms. The molecule has 2 aromatic carbocycles. The molecule has 0 aliphatic heterocycles. The summed E-state index contributed by atoms with van der Waals surface area (Å²) in [7, 11) is 0. The molecule has 0 bridgehead atoms. The molecule has 0 amide bonds. The lowest BCUT2D eigenvalue weighted by atomic mass is 10.3. The van der Waals surface area contributed by atoms with Gasteiger partial charge in [0.15, 0.2) is 0 Å². The van der Waals surface area contributed by atoms with Crippen molar-refractivity contribution in [1.82, 2.24) is 0 Å². The van der Waals surface area contributed by atoms with Gasteiger partial charge >= 0.3 is 5.97 Å². The van der Waals surface area contributed by atoms with Crippen LogP contribution in [0.15, 0.2) is 73.3 Å². The lowest BCUT2D eigenvalue weighted by Gasteiger charge is -2.03. The third-order valence-electron chi connectivity index (χ3n) is 2.00. The van der Waals surface area contributed by atoms with E-state index in [1.54, 1.807) is 0 Å². The number of carbonyl (C=O) groups is 1. The maximum Gasteiger partial charge on any atom is 0.348 e. The molecule has 0 atom stereocenters. The monoisotopic (exact) mass is 257 g/mol.